The summed E-state index contributed by atoms with van der Waals surface area (Å²) in [4.78, 5) is 8.57. The number of nitrogens with one attached hydrogen (secondary N) is 1. The summed E-state index contributed by atoms with van der Waals surface area (Å²) < 4.78 is 0. The lowest BCUT2D eigenvalue weighted by Gasteiger charge is -2.21. The van der Waals surface area contributed by atoms with Crippen LogP contribution in [0.4, 0.5) is 0 Å². The van der Waals surface area contributed by atoms with Gasteiger partial charge in [0.25, 0.3) is 0 Å². The summed E-state index contributed by atoms with van der Waals surface area (Å²) in [5.41, 5.74) is 1.22. The van der Waals surface area contributed by atoms with Crippen molar-refractivity contribution in [2.24, 2.45) is 0 Å². The van der Waals surface area contributed by atoms with E-state index in [0.29, 0.717) is 5.92 Å². The first-order valence-electron chi connectivity index (χ1n) is 4.86. The number of piperidine rings is 1. The molecule has 1 aliphatic heterocycles. The van der Waals surface area contributed by atoms with Gasteiger partial charge in [0.1, 0.15) is 5.82 Å². The molecule has 0 bridgehead atoms. The SMILES string of the molecule is Cc1nccc(C2CCNCC2)n1. The minimum atomic E-state index is 0.642. The maximum atomic E-state index is 4.46. The van der Waals surface area contributed by atoms with E-state index in [-0.39, 0.29) is 0 Å². The monoisotopic (exact) mass is 177 g/mol. The van der Waals surface area contributed by atoms with Gasteiger partial charge in [-0.2, -0.15) is 0 Å². The molecule has 3 heteroatoms. The third-order valence-corrected chi connectivity index (χ3v) is 2.55. The lowest BCUT2D eigenvalue weighted by Crippen LogP contribution is -2.27. The van der Waals surface area contributed by atoms with Crippen LogP contribution in [0.15, 0.2) is 12.3 Å². The van der Waals surface area contributed by atoms with E-state index in [0.717, 1.165) is 18.9 Å². The highest BCUT2D eigenvalue weighted by molar-refractivity contribution is 5.09. The van der Waals surface area contributed by atoms with Gasteiger partial charge in [-0.15, -0.1) is 0 Å². The fourth-order valence-electron chi connectivity index (χ4n) is 1.82. The summed E-state index contributed by atoms with van der Waals surface area (Å²) in [5, 5.41) is 3.36. The van der Waals surface area contributed by atoms with Crippen LogP contribution in [0.5, 0.6) is 0 Å². The average Bonchev–Trinajstić information content (AvgIpc) is 2.19. The third-order valence-electron chi connectivity index (χ3n) is 2.55. The molecule has 0 spiro atoms. The van der Waals surface area contributed by atoms with Gasteiger partial charge >= 0.3 is 0 Å². The lowest BCUT2D eigenvalue weighted by molar-refractivity contribution is 0.452. The molecule has 70 valence electrons. The van der Waals surface area contributed by atoms with Gasteiger partial charge in [-0.1, -0.05) is 0 Å². The van der Waals surface area contributed by atoms with Crippen LogP contribution < -0.4 is 5.32 Å². The normalized spacial score (nSPS) is 18.8. The molecule has 1 fully saturated rings. The second kappa shape index (κ2) is 3.83. The Morgan fingerprint density at radius 3 is 2.85 bits per heavy atom. The zero-order valence-corrected chi connectivity index (χ0v) is 7.95. The quantitative estimate of drug-likeness (QED) is 0.701. The summed E-state index contributed by atoms with van der Waals surface area (Å²) in [5.74, 6) is 1.53. The summed E-state index contributed by atoms with van der Waals surface area (Å²) in [6.45, 7) is 4.19. The Hall–Kier alpha value is -0.960. The van der Waals surface area contributed by atoms with Crippen LogP contribution >= 0.6 is 0 Å². The number of aromatic nitrogens is 2. The van der Waals surface area contributed by atoms with E-state index in [4.69, 9.17) is 0 Å². The second-order valence-electron chi connectivity index (χ2n) is 3.55. The summed E-state index contributed by atoms with van der Waals surface area (Å²) in [6.07, 6.45) is 4.27. The Morgan fingerprint density at radius 1 is 1.38 bits per heavy atom. The Labute approximate surface area is 78.6 Å². The molecule has 0 atom stereocenters. The van der Waals surface area contributed by atoms with Gasteiger partial charge < -0.3 is 5.32 Å². The van der Waals surface area contributed by atoms with Crippen molar-refractivity contribution in [2.45, 2.75) is 25.7 Å². The summed E-state index contributed by atoms with van der Waals surface area (Å²) in [7, 11) is 0. The standard InChI is InChI=1S/C10H15N3/c1-8-12-7-4-10(13-8)9-2-5-11-6-3-9/h4,7,9,11H,2-3,5-6H2,1H3. The minimum absolute atomic E-state index is 0.642. The lowest BCUT2D eigenvalue weighted by atomic mass is 9.94. The minimum Gasteiger partial charge on any atom is -0.317 e. The summed E-state index contributed by atoms with van der Waals surface area (Å²) in [6, 6.07) is 2.04. The third kappa shape index (κ3) is 2.04. The Balaban J connectivity index is 2.14. The highest BCUT2D eigenvalue weighted by Crippen LogP contribution is 2.22. The Bertz CT molecular complexity index is 279. The van der Waals surface area contributed by atoms with Crippen LogP contribution in [0.1, 0.15) is 30.3 Å². The van der Waals surface area contributed by atoms with Crippen molar-refractivity contribution in [3.63, 3.8) is 0 Å². The van der Waals surface area contributed by atoms with Crippen LogP contribution in [-0.2, 0) is 0 Å². The molecule has 0 aromatic carbocycles. The van der Waals surface area contributed by atoms with Crippen molar-refractivity contribution in [3.05, 3.63) is 23.8 Å². The Morgan fingerprint density at radius 2 is 2.15 bits per heavy atom. The molecule has 0 amide bonds. The van der Waals surface area contributed by atoms with Gasteiger partial charge in [-0.25, -0.2) is 9.97 Å². The molecule has 2 heterocycles. The fraction of sp³-hybridized carbons (Fsp3) is 0.600. The predicted molar refractivity (Wildman–Crippen MR) is 51.6 cm³/mol. The molecule has 13 heavy (non-hydrogen) atoms. The average molecular weight is 177 g/mol. The van der Waals surface area contributed by atoms with Gasteiger partial charge in [-0.05, 0) is 38.9 Å². The molecule has 0 unspecified atom stereocenters. The molecule has 2 rings (SSSR count). The highest BCUT2D eigenvalue weighted by atomic mass is 14.9. The predicted octanol–water partition coefficient (Wildman–Crippen LogP) is 1.25. The molecule has 0 saturated carbocycles. The number of rotatable bonds is 1. The second-order valence-corrected chi connectivity index (χ2v) is 3.55. The highest BCUT2D eigenvalue weighted by Gasteiger charge is 2.15. The van der Waals surface area contributed by atoms with Crippen LogP contribution in [0.25, 0.3) is 0 Å². The van der Waals surface area contributed by atoms with Crippen molar-refractivity contribution in [3.8, 4) is 0 Å². The molecule has 1 N–H and O–H groups in total. The first-order chi connectivity index (χ1) is 6.36. The molecular formula is C10H15N3. The van der Waals surface area contributed by atoms with E-state index in [9.17, 15) is 0 Å². The first kappa shape index (κ1) is 8.63. The van der Waals surface area contributed by atoms with Crippen LogP contribution in [-0.4, -0.2) is 23.1 Å². The van der Waals surface area contributed by atoms with E-state index >= 15 is 0 Å². The van der Waals surface area contributed by atoms with Gasteiger partial charge in [0.05, 0.1) is 0 Å². The van der Waals surface area contributed by atoms with E-state index in [2.05, 4.69) is 15.3 Å². The van der Waals surface area contributed by atoms with E-state index in [1.165, 1.54) is 18.5 Å². The van der Waals surface area contributed by atoms with Gasteiger partial charge in [-0.3, -0.25) is 0 Å². The molecule has 0 radical (unpaired) electrons. The maximum Gasteiger partial charge on any atom is 0.125 e. The van der Waals surface area contributed by atoms with Gasteiger partial charge in [0.2, 0.25) is 0 Å². The van der Waals surface area contributed by atoms with Crippen LogP contribution in [0.3, 0.4) is 0 Å². The van der Waals surface area contributed by atoms with Gasteiger partial charge in [0, 0.05) is 17.8 Å². The summed E-state index contributed by atoms with van der Waals surface area (Å²) >= 11 is 0. The van der Waals surface area contributed by atoms with Crippen LogP contribution in [0.2, 0.25) is 0 Å². The largest absolute Gasteiger partial charge is 0.317 e. The van der Waals surface area contributed by atoms with Crippen LogP contribution in [0, 0.1) is 6.92 Å². The van der Waals surface area contributed by atoms with E-state index in [1.54, 1.807) is 0 Å². The van der Waals surface area contributed by atoms with Crippen molar-refractivity contribution < 1.29 is 0 Å². The molecule has 1 aliphatic rings. The number of nitrogens with zero attached hydrogens (tertiary/aromatic N) is 2. The number of hydrogen-bond acceptors (Lipinski definition) is 3. The van der Waals surface area contributed by atoms with E-state index < -0.39 is 0 Å². The van der Waals surface area contributed by atoms with Crippen molar-refractivity contribution >= 4 is 0 Å². The molecular weight excluding hydrogens is 162 g/mol. The zero-order valence-electron chi connectivity index (χ0n) is 7.95. The van der Waals surface area contributed by atoms with Crippen molar-refractivity contribution in [1.82, 2.24) is 15.3 Å². The first-order valence-corrected chi connectivity index (χ1v) is 4.86. The fourth-order valence-corrected chi connectivity index (χ4v) is 1.82. The molecule has 1 aromatic heterocycles. The molecule has 0 aliphatic carbocycles. The van der Waals surface area contributed by atoms with Crippen molar-refractivity contribution in [2.75, 3.05) is 13.1 Å². The number of aryl methyl sites for hydroxylation is 1. The Kier molecular flexibility index (Phi) is 2.54. The maximum absolute atomic E-state index is 4.46. The molecule has 3 nitrogen and oxygen atoms in total. The topological polar surface area (TPSA) is 37.8 Å². The van der Waals surface area contributed by atoms with Gasteiger partial charge in [0.15, 0.2) is 0 Å². The van der Waals surface area contributed by atoms with Crippen molar-refractivity contribution in [1.29, 1.82) is 0 Å². The molecule has 1 saturated heterocycles. The zero-order chi connectivity index (χ0) is 9.10. The molecule has 1 aromatic rings. The van der Waals surface area contributed by atoms with E-state index in [1.807, 2.05) is 19.2 Å². The smallest absolute Gasteiger partial charge is 0.125 e. The number of hydrogen-bond donors (Lipinski definition) is 1.